The lowest BCUT2D eigenvalue weighted by molar-refractivity contribution is 0.473. The van der Waals surface area contributed by atoms with Crippen molar-refractivity contribution in [1.82, 2.24) is 4.83 Å². The molecule has 0 aliphatic carbocycles. The lowest BCUT2D eigenvalue weighted by Gasteiger charge is -2.11. The van der Waals surface area contributed by atoms with Gasteiger partial charge in [-0.1, -0.05) is 64.9 Å². The van der Waals surface area contributed by atoms with Crippen molar-refractivity contribution >= 4 is 15.7 Å². The van der Waals surface area contributed by atoms with E-state index in [0.717, 1.165) is 44.1 Å². The van der Waals surface area contributed by atoms with E-state index >= 15 is 0 Å². The molecule has 0 radical (unpaired) electrons. The van der Waals surface area contributed by atoms with Crippen LogP contribution in [0.2, 0.25) is 0 Å². The zero-order valence-electron chi connectivity index (χ0n) is 17.1. The Bertz CT molecular complexity index is 685. The van der Waals surface area contributed by atoms with Crippen molar-refractivity contribution in [1.29, 1.82) is 0 Å². The van der Waals surface area contributed by atoms with Crippen LogP contribution in [-0.2, 0) is 10.0 Å². The maximum Gasteiger partial charge on any atom is 0.247 e. The average molecular weight is 397 g/mol. The first-order valence-corrected chi connectivity index (χ1v) is 11.9. The zero-order valence-corrected chi connectivity index (χ0v) is 17.9. The number of hydrogen-bond donors (Lipinski definition) is 2. The summed E-state index contributed by atoms with van der Waals surface area (Å²) in [4.78, 5) is 2.38. The predicted octanol–water partition coefficient (Wildman–Crippen LogP) is 5.26. The molecule has 0 saturated heterocycles. The molecule has 0 aliphatic heterocycles. The number of sulfonamides is 1. The summed E-state index contributed by atoms with van der Waals surface area (Å²) in [5.74, 6) is 0.227. The molecule has 0 heterocycles. The van der Waals surface area contributed by atoms with Gasteiger partial charge in [-0.3, -0.25) is 0 Å². The van der Waals surface area contributed by atoms with Crippen LogP contribution in [-0.4, -0.2) is 25.0 Å². The number of nitrogens with one attached hydrogen (secondary N) is 1. The Morgan fingerprint density at radius 1 is 1.00 bits per heavy atom. The Balaban J connectivity index is 2.72. The highest BCUT2D eigenvalue weighted by Gasteiger charge is 2.13. The van der Waals surface area contributed by atoms with E-state index in [4.69, 9.17) is 0 Å². The van der Waals surface area contributed by atoms with Gasteiger partial charge in [0, 0.05) is 5.56 Å². The van der Waals surface area contributed by atoms with Crippen LogP contribution in [0.5, 0.6) is 5.75 Å². The fourth-order valence-electron chi connectivity index (χ4n) is 2.92. The lowest BCUT2D eigenvalue weighted by atomic mass is 10.0. The molecule has 0 spiro atoms. The number of phenols is 1. The van der Waals surface area contributed by atoms with Crippen molar-refractivity contribution in [3.63, 3.8) is 0 Å². The minimum Gasteiger partial charge on any atom is -0.507 e. The number of phenolic OH excluding ortho intramolecular Hbond substituents is 1. The molecular formula is C21H36N2O3S. The van der Waals surface area contributed by atoms with Gasteiger partial charge in [-0.05, 0) is 43.9 Å². The van der Waals surface area contributed by atoms with E-state index in [0.29, 0.717) is 24.1 Å². The first kappa shape index (κ1) is 23.5. The van der Waals surface area contributed by atoms with Crippen LogP contribution in [0.3, 0.4) is 0 Å². The molecule has 1 aromatic carbocycles. The monoisotopic (exact) mass is 396 g/mol. The van der Waals surface area contributed by atoms with Crippen LogP contribution in [0.15, 0.2) is 23.3 Å². The summed E-state index contributed by atoms with van der Waals surface area (Å²) in [5, 5.41) is 14.4. The van der Waals surface area contributed by atoms with Crippen LogP contribution < -0.4 is 4.83 Å². The largest absolute Gasteiger partial charge is 0.507 e. The molecule has 0 aromatic heterocycles. The highest BCUT2D eigenvalue weighted by molar-refractivity contribution is 7.89. The molecule has 0 saturated carbocycles. The number of unbranched alkanes of at least 4 members (excludes halogenated alkanes) is 7. The summed E-state index contributed by atoms with van der Waals surface area (Å²) in [6, 6.07) is 5.38. The Labute approximate surface area is 165 Å². The molecule has 0 atom stereocenters. The van der Waals surface area contributed by atoms with Crippen molar-refractivity contribution in [3.8, 4) is 5.75 Å². The van der Waals surface area contributed by atoms with E-state index in [-0.39, 0.29) is 11.5 Å². The Morgan fingerprint density at radius 3 is 2.30 bits per heavy atom. The Kier molecular flexibility index (Phi) is 11.1. The SMILES string of the molecule is CCCCCCCCS(=O)(=O)NN=C(CCCCC)c1ccc(C)cc1O. The smallest absolute Gasteiger partial charge is 0.247 e. The number of benzene rings is 1. The van der Waals surface area contributed by atoms with Gasteiger partial charge < -0.3 is 5.11 Å². The van der Waals surface area contributed by atoms with Crippen LogP contribution in [0.1, 0.15) is 89.2 Å². The molecule has 154 valence electrons. The molecule has 27 heavy (non-hydrogen) atoms. The molecule has 0 fully saturated rings. The summed E-state index contributed by atoms with van der Waals surface area (Å²) in [5.41, 5.74) is 2.14. The van der Waals surface area contributed by atoms with Gasteiger partial charge in [0.1, 0.15) is 5.75 Å². The van der Waals surface area contributed by atoms with E-state index < -0.39 is 10.0 Å². The molecule has 5 nitrogen and oxygen atoms in total. The fraction of sp³-hybridized carbons (Fsp3) is 0.667. The van der Waals surface area contributed by atoms with Gasteiger partial charge in [0.05, 0.1) is 11.5 Å². The molecule has 0 bridgehead atoms. The van der Waals surface area contributed by atoms with Crippen LogP contribution in [0.4, 0.5) is 0 Å². The first-order chi connectivity index (χ1) is 12.9. The van der Waals surface area contributed by atoms with Crippen molar-refractivity contribution in [2.75, 3.05) is 5.75 Å². The minimum absolute atomic E-state index is 0.0880. The summed E-state index contributed by atoms with van der Waals surface area (Å²) in [6.07, 6.45) is 9.83. The minimum atomic E-state index is -3.45. The molecule has 0 aliphatic rings. The van der Waals surface area contributed by atoms with Crippen LogP contribution in [0, 0.1) is 6.92 Å². The molecule has 6 heteroatoms. The third kappa shape index (κ3) is 9.80. The molecule has 0 amide bonds. The third-order valence-corrected chi connectivity index (χ3v) is 5.76. The highest BCUT2D eigenvalue weighted by Crippen LogP contribution is 2.21. The molecule has 1 rings (SSSR count). The van der Waals surface area contributed by atoms with E-state index in [1.54, 1.807) is 12.1 Å². The standard InChI is InChI=1S/C21H36N2O3S/c1-4-6-8-9-10-12-16-27(25,26)23-22-20(13-11-7-5-2)19-15-14-18(3)17-21(19)24/h14-15,17,23-24H,4-13,16H2,1-3H3. The van der Waals surface area contributed by atoms with Crippen LogP contribution in [0.25, 0.3) is 0 Å². The van der Waals surface area contributed by atoms with E-state index in [1.807, 2.05) is 13.0 Å². The molecule has 1 aromatic rings. The quantitative estimate of drug-likeness (QED) is 0.255. The number of hydrogen-bond acceptors (Lipinski definition) is 4. The van der Waals surface area contributed by atoms with Crippen molar-refractivity contribution in [2.45, 2.75) is 85.0 Å². The Morgan fingerprint density at radius 2 is 1.63 bits per heavy atom. The number of rotatable bonds is 14. The zero-order chi connectivity index (χ0) is 20.1. The normalized spacial score (nSPS) is 12.3. The maximum absolute atomic E-state index is 12.2. The second kappa shape index (κ2) is 12.8. The molecule has 2 N–H and O–H groups in total. The molecular weight excluding hydrogens is 360 g/mol. The van der Waals surface area contributed by atoms with Crippen LogP contribution >= 0.6 is 0 Å². The van der Waals surface area contributed by atoms with Crippen molar-refractivity contribution in [3.05, 3.63) is 29.3 Å². The topological polar surface area (TPSA) is 78.8 Å². The van der Waals surface area contributed by atoms with Gasteiger partial charge in [-0.25, -0.2) is 13.2 Å². The Hall–Kier alpha value is -1.56. The van der Waals surface area contributed by atoms with Crippen molar-refractivity contribution < 1.29 is 13.5 Å². The summed E-state index contributed by atoms with van der Waals surface area (Å²) >= 11 is 0. The number of nitrogens with zero attached hydrogens (tertiary/aromatic N) is 1. The summed E-state index contributed by atoms with van der Waals surface area (Å²) < 4.78 is 24.5. The second-order valence-electron chi connectivity index (χ2n) is 7.21. The second-order valence-corrected chi connectivity index (χ2v) is 9.03. The lowest BCUT2D eigenvalue weighted by Crippen LogP contribution is -2.23. The molecule has 0 unspecified atom stereocenters. The fourth-order valence-corrected chi connectivity index (χ4v) is 3.85. The van der Waals surface area contributed by atoms with Gasteiger partial charge in [0.2, 0.25) is 10.0 Å². The van der Waals surface area contributed by atoms with Gasteiger partial charge in [-0.2, -0.15) is 5.10 Å². The summed E-state index contributed by atoms with van der Waals surface area (Å²) in [7, 11) is -3.45. The van der Waals surface area contributed by atoms with Gasteiger partial charge >= 0.3 is 0 Å². The van der Waals surface area contributed by atoms with Crippen molar-refractivity contribution in [2.24, 2.45) is 5.10 Å². The number of aromatic hydroxyl groups is 1. The van der Waals surface area contributed by atoms with Gasteiger partial charge in [0.25, 0.3) is 0 Å². The average Bonchev–Trinajstić information content (AvgIpc) is 2.61. The predicted molar refractivity (Wildman–Crippen MR) is 114 cm³/mol. The maximum atomic E-state index is 12.2. The van der Waals surface area contributed by atoms with Gasteiger partial charge in [0.15, 0.2) is 0 Å². The van der Waals surface area contributed by atoms with Gasteiger partial charge in [-0.15, -0.1) is 0 Å². The highest BCUT2D eigenvalue weighted by atomic mass is 32.2. The van der Waals surface area contributed by atoms with E-state index in [2.05, 4.69) is 23.8 Å². The first-order valence-electron chi connectivity index (χ1n) is 10.3. The summed E-state index contributed by atoms with van der Waals surface area (Å²) in [6.45, 7) is 6.18. The van der Waals surface area contributed by atoms with E-state index in [1.165, 1.54) is 12.8 Å². The number of aryl methyl sites for hydroxylation is 1. The third-order valence-electron chi connectivity index (χ3n) is 4.57. The van der Waals surface area contributed by atoms with E-state index in [9.17, 15) is 13.5 Å². The number of hydrazone groups is 1.